The first-order valence-corrected chi connectivity index (χ1v) is 11.0. The maximum atomic E-state index is 12.0. The van der Waals surface area contributed by atoms with E-state index in [1.165, 1.54) is 12.1 Å². The minimum absolute atomic E-state index is 0.0160. The highest BCUT2D eigenvalue weighted by Gasteiger charge is 2.20. The van der Waals surface area contributed by atoms with E-state index in [2.05, 4.69) is 5.32 Å². The molecule has 0 bridgehead atoms. The number of nitriles is 2. The Morgan fingerprint density at radius 1 is 1.10 bits per heavy atom. The van der Waals surface area contributed by atoms with E-state index < -0.39 is 27.6 Å². The number of ether oxygens (including phenoxy) is 1. The number of rotatable bonds is 5. The zero-order valence-electron chi connectivity index (χ0n) is 17.3. The second-order valence-corrected chi connectivity index (χ2v) is 9.81. The Kier molecular flexibility index (Phi) is 6.86. The van der Waals surface area contributed by atoms with Crippen molar-refractivity contribution >= 4 is 15.9 Å². The summed E-state index contributed by atoms with van der Waals surface area (Å²) in [5.74, 6) is 0. The molecule has 0 aliphatic carbocycles. The Bertz CT molecular complexity index is 1120. The number of sulfone groups is 1. The zero-order chi connectivity index (χ0) is 22.5. The van der Waals surface area contributed by atoms with E-state index in [4.69, 9.17) is 10.00 Å². The summed E-state index contributed by atoms with van der Waals surface area (Å²) in [4.78, 5) is 11.9. The summed E-state index contributed by atoms with van der Waals surface area (Å²) in [5.41, 5.74) is 1.69. The van der Waals surface area contributed by atoms with Crippen LogP contribution in [0.2, 0.25) is 0 Å². The zero-order valence-corrected chi connectivity index (χ0v) is 18.1. The highest BCUT2D eigenvalue weighted by molar-refractivity contribution is 7.90. The van der Waals surface area contributed by atoms with Crippen molar-refractivity contribution in [1.82, 2.24) is 5.32 Å². The quantitative estimate of drug-likeness (QED) is 0.782. The third-order valence-corrected chi connectivity index (χ3v) is 5.21. The Morgan fingerprint density at radius 2 is 1.70 bits per heavy atom. The van der Waals surface area contributed by atoms with Crippen molar-refractivity contribution < 1.29 is 17.9 Å². The average molecular weight is 426 g/mol. The van der Waals surface area contributed by atoms with Gasteiger partial charge in [0, 0.05) is 12.7 Å². The first-order chi connectivity index (χ1) is 13.9. The van der Waals surface area contributed by atoms with Gasteiger partial charge in [-0.3, -0.25) is 0 Å². The number of hydrogen-bond acceptors (Lipinski definition) is 6. The largest absolute Gasteiger partial charge is 0.444 e. The average Bonchev–Trinajstić information content (AvgIpc) is 2.65. The minimum Gasteiger partial charge on any atom is -0.444 e. The Labute approximate surface area is 176 Å². The number of alkyl carbamates (subject to hydrolysis) is 1. The van der Waals surface area contributed by atoms with Crippen LogP contribution in [-0.2, 0) is 21.0 Å². The van der Waals surface area contributed by atoms with Gasteiger partial charge in [-0.05, 0) is 49.6 Å². The van der Waals surface area contributed by atoms with Crippen LogP contribution >= 0.6 is 0 Å². The number of amides is 1. The van der Waals surface area contributed by atoms with E-state index in [1.54, 1.807) is 51.1 Å². The van der Waals surface area contributed by atoms with Crippen LogP contribution in [0.15, 0.2) is 47.4 Å². The lowest BCUT2D eigenvalue weighted by Gasteiger charge is -2.21. The number of benzene rings is 2. The lowest BCUT2D eigenvalue weighted by molar-refractivity contribution is 0.0516. The molecule has 30 heavy (non-hydrogen) atoms. The molecule has 0 radical (unpaired) electrons. The molecule has 8 heteroatoms. The molecule has 0 aliphatic heterocycles. The molecule has 2 aromatic carbocycles. The summed E-state index contributed by atoms with van der Waals surface area (Å²) in [6, 6.07) is 15.0. The van der Waals surface area contributed by atoms with Crippen molar-refractivity contribution in [1.29, 1.82) is 10.5 Å². The van der Waals surface area contributed by atoms with Crippen LogP contribution in [0.4, 0.5) is 4.79 Å². The monoisotopic (exact) mass is 425 g/mol. The SMILES string of the molecule is CC(C)(C)OC(=O)N[C@H](C#N)Cc1ccc(-c2ccc(C#N)c(S(C)(=O)=O)c2)cc1. The van der Waals surface area contributed by atoms with Crippen molar-refractivity contribution in [2.24, 2.45) is 0 Å². The van der Waals surface area contributed by atoms with E-state index in [0.29, 0.717) is 5.56 Å². The van der Waals surface area contributed by atoms with Crippen LogP contribution in [0.25, 0.3) is 11.1 Å². The number of nitrogens with zero attached hydrogens (tertiary/aromatic N) is 2. The molecule has 0 unspecified atom stereocenters. The maximum absolute atomic E-state index is 12.0. The fraction of sp³-hybridized carbons (Fsp3) is 0.318. The second kappa shape index (κ2) is 8.98. The van der Waals surface area contributed by atoms with E-state index in [1.807, 2.05) is 12.1 Å². The maximum Gasteiger partial charge on any atom is 0.408 e. The second-order valence-electron chi connectivity index (χ2n) is 7.82. The van der Waals surface area contributed by atoms with Gasteiger partial charge >= 0.3 is 6.09 Å². The molecule has 2 aromatic rings. The number of carbonyl (C=O) groups is 1. The van der Waals surface area contributed by atoms with Crippen molar-refractivity contribution in [2.75, 3.05) is 6.26 Å². The van der Waals surface area contributed by atoms with Crippen LogP contribution in [0, 0.1) is 22.7 Å². The number of nitrogens with one attached hydrogen (secondary N) is 1. The fourth-order valence-corrected chi connectivity index (χ4v) is 3.60. The molecule has 156 valence electrons. The van der Waals surface area contributed by atoms with Crippen molar-refractivity contribution in [3.05, 3.63) is 53.6 Å². The lowest BCUT2D eigenvalue weighted by atomic mass is 10.00. The highest BCUT2D eigenvalue weighted by Crippen LogP contribution is 2.26. The minimum atomic E-state index is -3.54. The predicted octanol–water partition coefficient (Wildman–Crippen LogP) is 3.59. The molecule has 1 N–H and O–H groups in total. The molecule has 0 spiro atoms. The molecule has 0 aromatic heterocycles. The molecule has 1 amide bonds. The Balaban J connectivity index is 2.18. The first kappa shape index (κ1) is 22.9. The summed E-state index contributed by atoms with van der Waals surface area (Å²) in [5, 5.41) is 21.0. The fourth-order valence-electron chi connectivity index (χ4n) is 2.75. The van der Waals surface area contributed by atoms with Gasteiger partial charge in [0.05, 0.1) is 16.5 Å². The molecule has 0 saturated heterocycles. The van der Waals surface area contributed by atoms with Crippen LogP contribution in [0.5, 0.6) is 0 Å². The van der Waals surface area contributed by atoms with Gasteiger partial charge in [0.15, 0.2) is 9.84 Å². The normalized spacial score (nSPS) is 12.3. The predicted molar refractivity (Wildman–Crippen MR) is 112 cm³/mol. The van der Waals surface area contributed by atoms with E-state index >= 15 is 0 Å². The third-order valence-electron chi connectivity index (χ3n) is 4.08. The molecule has 0 saturated carbocycles. The van der Waals surface area contributed by atoms with E-state index in [9.17, 15) is 18.5 Å². The molecule has 2 rings (SSSR count). The van der Waals surface area contributed by atoms with Crippen LogP contribution in [0.1, 0.15) is 31.9 Å². The van der Waals surface area contributed by atoms with Crippen LogP contribution in [0.3, 0.4) is 0 Å². The summed E-state index contributed by atoms with van der Waals surface area (Å²) in [6.45, 7) is 5.22. The van der Waals surface area contributed by atoms with E-state index in [-0.39, 0.29) is 16.9 Å². The van der Waals surface area contributed by atoms with Gasteiger partial charge in [0.2, 0.25) is 0 Å². The van der Waals surface area contributed by atoms with E-state index in [0.717, 1.165) is 17.4 Å². The van der Waals surface area contributed by atoms with Crippen LogP contribution < -0.4 is 5.32 Å². The summed E-state index contributed by atoms with van der Waals surface area (Å²) in [6.07, 6.45) is 0.699. The van der Waals surface area contributed by atoms with Gasteiger partial charge in [-0.15, -0.1) is 0 Å². The summed E-state index contributed by atoms with van der Waals surface area (Å²) in [7, 11) is -3.54. The van der Waals surface area contributed by atoms with Gasteiger partial charge < -0.3 is 10.1 Å². The van der Waals surface area contributed by atoms with Gasteiger partial charge in [-0.25, -0.2) is 13.2 Å². The van der Waals surface area contributed by atoms with Crippen molar-refractivity contribution in [2.45, 2.75) is 43.7 Å². The third kappa shape index (κ3) is 6.33. The Morgan fingerprint density at radius 3 is 2.20 bits per heavy atom. The Hall–Kier alpha value is -3.36. The summed E-state index contributed by atoms with van der Waals surface area (Å²) < 4.78 is 29.1. The molecular weight excluding hydrogens is 402 g/mol. The topological polar surface area (TPSA) is 120 Å². The molecule has 0 heterocycles. The first-order valence-electron chi connectivity index (χ1n) is 9.15. The molecule has 0 aliphatic rings. The molecule has 7 nitrogen and oxygen atoms in total. The number of carbonyl (C=O) groups excluding carboxylic acids is 1. The van der Waals surface area contributed by atoms with Gasteiger partial charge in [-0.1, -0.05) is 30.3 Å². The summed E-state index contributed by atoms with van der Waals surface area (Å²) >= 11 is 0. The van der Waals surface area contributed by atoms with Crippen LogP contribution in [-0.4, -0.2) is 32.4 Å². The highest BCUT2D eigenvalue weighted by atomic mass is 32.2. The van der Waals surface area contributed by atoms with Crippen molar-refractivity contribution in [3.8, 4) is 23.3 Å². The van der Waals surface area contributed by atoms with Gasteiger partial charge in [0.25, 0.3) is 0 Å². The standard InChI is InChI=1S/C22H23N3O4S/c1-22(2,3)29-21(26)25-19(14-24)11-15-5-7-16(8-6-15)17-9-10-18(13-23)20(12-17)30(4,27)28/h5-10,12,19H,11H2,1-4H3,(H,25,26)/t19-/m0/s1. The number of hydrogen-bond donors (Lipinski definition) is 1. The van der Waals surface area contributed by atoms with Gasteiger partial charge in [0.1, 0.15) is 17.7 Å². The van der Waals surface area contributed by atoms with Crippen molar-refractivity contribution in [3.63, 3.8) is 0 Å². The molecule has 0 fully saturated rings. The molecule has 1 atom stereocenters. The van der Waals surface area contributed by atoms with Gasteiger partial charge in [-0.2, -0.15) is 10.5 Å². The molecular formula is C22H23N3O4S. The smallest absolute Gasteiger partial charge is 0.408 e. The lowest BCUT2D eigenvalue weighted by Crippen LogP contribution is -2.39.